The molecule has 2 aromatic heterocycles. The predicted molar refractivity (Wildman–Crippen MR) is 107 cm³/mol. The van der Waals surface area contributed by atoms with Crippen LogP contribution < -0.4 is 10.5 Å². The van der Waals surface area contributed by atoms with Crippen molar-refractivity contribution in [3.8, 4) is 6.07 Å². The first-order chi connectivity index (χ1) is 12.7. The molecule has 9 heteroatoms. The maximum atomic E-state index is 12.4. The predicted octanol–water partition coefficient (Wildman–Crippen LogP) is 0.849. The van der Waals surface area contributed by atoms with Gasteiger partial charge in [0.15, 0.2) is 0 Å². The number of aryl methyl sites for hydroxylation is 1. The molecular weight excluding hydrogens is 337 g/mol. The summed E-state index contributed by atoms with van der Waals surface area (Å²) < 4.78 is 5.61. The number of nitrogens with one attached hydrogen (secondary N) is 1. The van der Waals surface area contributed by atoms with Crippen LogP contribution in [0.2, 0.25) is 0 Å². The SMILES string of the molecule is [B]C([B])([B])OC1(C)CCN(c2c(C#N)c(=O)[nH]c3ccc(CC)nc23)CC1. The highest BCUT2D eigenvalue weighted by molar-refractivity contribution is 6.58. The van der Waals surface area contributed by atoms with Crippen LogP contribution in [0.5, 0.6) is 0 Å². The minimum absolute atomic E-state index is 0.0681. The van der Waals surface area contributed by atoms with Crippen molar-refractivity contribution in [1.82, 2.24) is 9.97 Å². The smallest absolute Gasteiger partial charge is 0.268 e. The van der Waals surface area contributed by atoms with Gasteiger partial charge < -0.3 is 14.6 Å². The van der Waals surface area contributed by atoms with Crippen LogP contribution in [-0.2, 0) is 11.2 Å². The van der Waals surface area contributed by atoms with Gasteiger partial charge >= 0.3 is 0 Å². The summed E-state index contributed by atoms with van der Waals surface area (Å²) in [6, 6.07) is 5.74. The van der Waals surface area contributed by atoms with Gasteiger partial charge in [-0.05, 0) is 43.6 Å². The van der Waals surface area contributed by atoms with E-state index in [2.05, 4.69) is 9.97 Å². The lowest BCUT2D eigenvalue weighted by Gasteiger charge is -2.44. The number of anilines is 1. The van der Waals surface area contributed by atoms with E-state index < -0.39 is 16.5 Å². The molecule has 0 aliphatic carbocycles. The summed E-state index contributed by atoms with van der Waals surface area (Å²) in [5.74, 6) is 0. The minimum atomic E-state index is -1.71. The summed E-state index contributed by atoms with van der Waals surface area (Å²) in [6.45, 7) is 5.02. The average Bonchev–Trinajstić information content (AvgIpc) is 2.59. The first-order valence-corrected chi connectivity index (χ1v) is 8.93. The van der Waals surface area contributed by atoms with E-state index in [0.717, 1.165) is 12.1 Å². The highest BCUT2D eigenvalue weighted by atomic mass is 16.5. The number of hydrogen-bond acceptors (Lipinski definition) is 5. The molecule has 0 saturated carbocycles. The molecule has 2 aromatic rings. The summed E-state index contributed by atoms with van der Waals surface area (Å²) in [7, 11) is 16.8. The molecular formula is C18H19B3N4O2. The topological polar surface area (TPSA) is 82.0 Å². The lowest BCUT2D eigenvalue weighted by molar-refractivity contribution is -0.0541. The number of rotatable bonds is 4. The monoisotopic (exact) mass is 356 g/mol. The van der Waals surface area contributed by atoms with Crippen molar-refractivity contribution in [1.29, 1.82) is 5.26 Å². The summed E-state index contributed by atoms with van der Waals surface area (Å²) in [6.07, 6.45) is 1.94. The van der Waals surface area contributed by atoms with Crippen molar-refractivity contribution in [3.05, 3.63) is 33.7 Å². The van der Waals surface area contributed by atoms with E-state index in [0.29, 0.717) is 42.7 Å². The molecule has 0 atom stereocenters. The van der Waals surface area contributed by atoms with Gasteiger partial charge in [-0.2, -0.15) is 5.26 Å². The van der Waals surface area contributed by atoms with E-state index in [1.807, 2.05) is 36.9 Å². The van der Waals surface area contributed by atoms with Gasteiger partial charge in [0, 0.05) is 18.8 Å². The summed E-state index contributed by atoms with van der Waals surface area (Å²) in [5, 5.41) is 7.87. The number of aromatic amines is 1. The van der Waals surface area contributed by atoms with E-state index in [9.17, 15) is 10.1 Å². The molecule has 132 valence electrons. The number of fused-ring (bicyclic) bond motifs is 1. The molecule has 1 fully saturated rings. The fourth-order valence-electron chi connectivity index (χ4n) is 3.53. The van der Waals surface area contributed by atoms with Crippen LogP contribution >= 0.6 is 0 Å². The lowest BCUT2D eigenvalue weighted by atomic mass is 9.52. The maximum absolute atomic E-state index is 12.4. The molecule has 3 rings (SSSR count). The molecule has 0 amide bonds. The second kappa shape index (κ2) is 7.08. The summed E-state index contributed by atoms with van der Waals surface area (Å²) in [4.78, 5) is 21.8. The van der Waals surface area contributed by atoms with E-state index in [-0.39, 0.29) is 5.56 Å². The summed E-state index contributed by atoms with van der Waals surface area (Å²) in [5.41, 5.74) is 1.76. The molecule has 1 aliphatic rings. The lowest BCUT2D eigenvalue weighted by Crippen LogP contribution is -2.51. The molecule has 6 nitrogen and oxygen atoms in total. The molecule has 1 aliphatic heterocycles. The van der Waals surface area contributed by atoms with Gasteiger partial charge in [0.05, 0.1) is 40.3 Å². The zero-order valence-electron chi connectivity index (χ0n) is 15.6. The number of pyridine rings is 2. The van der Waals surface area contributed by atoms with E-state index in [1.54, 1.807) is 0 Å². The van der Waals surface area contributed by atoms with Crippen LogP contribution in [-0.4, -0.2) is 57.5 Å². The van der Waals surface area contributed by atoms with Crippen LogP contribution in [0.1, 0.15) is 37.9 Å². The van der Waals surface area contributed by atoms with E-state index in [4.69, 9.17) is 28.3 Å². The standard InChI is InChI=1S/C18H19B3N4O2/c1-3-11-4-5-13-14(23-11)15(12(10-22)16(26)24-13)25-8-6-17(2,7-9-25)27-18(19,20)21/h4-5H,3,6-9H2,1-2H3,(H,24,26). The Hall–Kier alpha value is -2.20. The van der Waals surface area contributed by atoms with Gasteiger partial charge in [-0.25, -0.2) is 4.98 Å². The number of hydrogen-bond donors (Lipinski definition) is 1. The number of piperidine rings is 1. The number of nitrogens with zero attached hydrogens (tertiary/aromatic N) is 3. The fraction of sp³-hybridized carbons (Fsp3) is 0.500. The van der Waals surface area contributed by atoms with Crippen molar-refractivity contribution in [2.24, 2.45) is 0 Å². The van der Waals surface area contributed by atoms with Crippen LogP contribution in [0, 0.1) is 11.3 Å². The van der Waals surface area contributed by atoms with Gasteiger partial charge in [0.25, 0.3) is 5.56 Å². The van der Waals surface area contributed by atoms with Gasteiger partial charge in [-0.1, -0.05) is 6.92 Å². The largest absolute Gasteiger partial charge is 0.397 e. The minimum Gasteiger partial charge on any atom is -0.397 e. The molecule has 0 bridgehead atoms. The molecule has 1 saturated heterocycles. The first kappa shape index (κ1) is 19.6. The van der Waals surface area contributed by atoms with Crippen molar-refractivity contribution < 1.29 is 4.74 Å². The van der Waals surface area contributed by atoms with Crippen LogP contribution in [0.15, 0.2) is 16.9 Å². The van der Waals surface area contributed by atoms with E-state index >= 15 is 0 Å². The Morgan fingerprint density at radius 3 is 2.59 bits per heavy atom. The highest BCUT2D eigenvalue weighted by Crippen LogP contribution is 2.34. The molecule has 27 heavy (non-hydrogen) atoms. The normalized spacial score (nSPS) is 17.0. The Balaban J connectivity index is 2.02. The number of H-pyrrole nitrogens is 1. The van der Waals surface area contributed by atoms with Crippen LogP contribution in [0.4, 0.5) is 5.69 Å². The highest BCUT2D eigenvalue weighted by Gasteiger charge is 2.35. The quantitative estimate of drug-likeness (QED) is 0.822. The maximum Gasteiger partial charge on any atom is 0.268 e. The second-order valence-electron chi connectivity index (χ2n) is 7.23. The van der Waals surface area contributed by atoms with Crippen molar-refractivity contribution >= 4 is 40.3 Å². The number of aromatic nitrogens is 2. The zero-order valence-corrected chi connectivity index (χ0v) is 15.6. The molecule has 6 radical (unpaired) electrons. The molecule has 0 aromatic carbocycles. The molecule has 3 heterocycles. The molecule has 0 spiro atoms. The van der Waals surface area contributed by atoms with Crippen molar-refractivity contribution in [2.75, 3.05) is 18.0 Å². The van der Waals surface area contributed by atoms with Gasteiger partial charge in [-0.15, -0.1) is 0 Å². The Labute approximate surface area is 162 Å². The van der Waals surface area contributed by atoms with Crippen LogP contribution in [0.3, 0.4) is 0 Å². The van der Waals surface area contributed by atoms with Gasteiger partial charge in [0.1, 0.15) is 17.1 Å². The average molecular weight is 356 g/mol. The molecule has 0 unspecified atom stereocenters. The van der Waals surface area contributed by atoms with Gasteiger partial charge in [-0.3, -0.25) is 4.79 Å². The third-order valence-corrected chi connectivity index (χ3v) is 4.92. The van der Waals surface area contributed by atoms with Crippen LogP contribution in [0.25, 0.3) is 11.0 Å². The molecule has 1 N–H and O–H groups in total. The number of ether oxygens (including phenoxy) is 1. The first-order valence-electron chi connectivity index (χ1n) is 8.93. The second-order valence-corrected chi connectivity index (χ2v) is 7.23. The Morgan fingerprint density at radius 2 is 2.04 bits per heavy atom. The number of nitriles is 1. The Morgan fingerprint density at radius 1 is 1.37 bits per heavy atom. The van der Waals surface area contributed by atoms with E-state index in [1.165, 1.54) is 0 Å². The third-order valence-electron chi connectivity index (χ3n) is 4.92. The van der Waals surface area contributed by atoms with Crippen molar-refractivity contribution in [3.63, 3.8) is 0 Å². The van der Waals surface area contributed by atoms with Gasteiger partial charge in [0.2, 0.25) is 0 Å². The fourth-order valence-corrected chi connectivity index (χ4v) is 3.53. The Bertz CT molecular complexity index is 954. The zero-order chi connectivity index (χ0) is 19.8. The van der Waals surface area contributed by atoms with Crippen molar-refractivity contribution in [2.45, 2.75) is 44.0 Å². The Kier molecular flexibility index (Phi) is 5.13. The summed E-state index contributed by atoms with van der Waals surface area (Å²) >= 11 is 0. The third kappa shape index (κ3) is 4.06.